The normalized spacial score (nSPS) is 13.4. The summed E-state index contributed by atoms with van der Waals surface area (Å²) in [7, 11) is 0. The minimum absolute atomic E-state index is 0.169. The van der Waals surface area contributed by atoms with Gasteiger partial charge in [-0.1, -0.05) is 18.2 Å². The van der Waals surface area contributed by atoms with Crippen LogP contribution >= 0.6 is 0 Å². The number of fused-ring (bicyclic) bond motifs is 1. The Balaban J connectivity index is 1.76. The first-order valence-electron chi connectivity index (χ1n) is 8.00. The standard InChI is InChI=1S/C17H24N4O/c1-2-21-16(7-9-19-21)13-20(10-11-22)12-15-5-3-4-14-6-8-18-17(14)15/h3-5,7,9,18,22H,2,6,8,10-13H2,1H3. The zero-order valence-electron chi connectivity index (χ0n) is 13.1. The minimum Gasteiger partial charge on any atom is -0.395 e. The number of nitrogens with zero attached hydrogens (tertiary/aromatic N) is 3. The molecule has 1 aliphatic rings. The number of hydrogen-bond donors (Lipinski definition) is 2. The summed E-state index contributed by atoms with van der Waals surface area (Å²) < 4.78 is 2.01. The zero-order valence-corrected chi connectivity index (χ0v) is 13.1. The Morgan fingerprint density at radius 1 is 1.32 bits per heavy atom. The van der Waals surface area contributed by atoms with Crippen LogP contribution in [0.25, 0.3) is 0 Å². The fourth-order valence-corrected chi connectivity index (χ4v) is 3.15. The number of nitrogens with one attached hydrogen (secondary N) is 1. The van der Waals surface area contributed by atoms with Crippen LogP contribution in [0.2, 0.25) is 0 Å². The summed E-state index contributed by atoms with van der Waals surface area (Å²) in [5, 5.41) is 17.2. The van der Waals surface area contributed by atoms with Crippen LogP contribution in [0.1, 0.15) is 23.7 Å². The molecule has 0 atom stereocenters. The number of aryl methyl sites for hydroxylation is 1. The van der Waals surface area contributed by atoms with Crippen LogP contribution in [0.3, 0.4) is 0 Å². The van der Waals surface area contributed by atoms with E-state index in [1.807, 2.05) is 10.9 Å². The summed E-state index contributed by atoms with van der Waals surface area (Å²) in [6.45, 7) is 6.47. The van der Waals surface area contributed by atoms with Crippen molar-refractivity contribution in [3.05, 3.63) is 47.3 Å². The molecule has 2 heterocycles. The Hall–Kier alpha value is -1.85. The van der Waals surface area contributed by atoms with Crippen LogP contribution in [-0.4, -0.2) is 39.5 Å². The van der Waals surface area contributed by atoms with Crippen LogP contribution in [-0.2, 0) is 26.1 Å². The lowest BCUT2D eigenvalue weighted by atomic mass is 10.1. The Bertz CT molecular complexity index is 623. The number of para-hydroxylation sites is 1. The summed E-state index contributed by atoms with van der Waals surface area (Å²) in [5.41, 5.74) is 5.19. The van der Waals surface area contributed by atoms with Gasteiger partial charge < -0.3 is 10.4 Å². The summed E-state index contributed by atoms with van der Waals surface area (Å²) in [6, 6.07) is 8.57. The first-order valence-corrected chi connectivity index (χ1v) is 8.00. The van der Waals surface area contributed by atoms with E-state index in [4.69, 9.17) is 0 Å². The van der Waals surface area contributed by atoms with Crippen LogP contribution < -0.4 is 5.32 Å². The van der Waals surface area contributed by atoms with Gasteiger partial charge in [-0.3, -0.25) is 9.58 Å². The van der Waals surface area contributed by atoms with Crippen molar-refractivity contribution >= 4 is 5.69 Å². The van der Waals surface area contributed by atoms with E-state index in [0.29, 0.717) is 6.54 Å². The third-order valence-corrected chi connectivity index (χ3v) is 4.23. The molecule has 1 aromatic carbocycles. The molecule has 0 aliphatic carbocycles. The Morgan fingerprint density at radius 3 is 3.05 bits per heavy atom. The van der Waals surface area contributed by atoms with Crippen molar-refractivity contribution in [1.29, 1.82) is 0 Å². The maximum Gasteiger partial charge on any atom is 0.0558 e. The van der Waals surface area contributed by atoms with Crippen molar-refractivity contribution in [1.82, 2.24) is 14.7 Å². The second kappa shape index (κ2) is 6.94. The van der Waals surface area contributed by atoms with Crippen molar-refractivity contribution in [2.75, 3.05) is 25.0 Å². The molecule has 5 heteroatoms. The van der Waals surface area contributed by atoms with Gasteiger partial charge in [-0.2, -0.15) is 5.10 Å². The molecular formula is C17H24N4O. The maximum atomic E-state index is 9.38. The smallest absolute Gasteiger partial charge is 0.0558 e. The second-order valence-electron chi connectivity index (χ2n) is 5.70. The highest BCUT2D eigenvalue weighted by atomic mass is 16.3. The number of aliphatic hydroxyl groups is 1. The molecule has 118 valence electrons. The van der Waals surface area contributed by atoms with Crippen LogP contribution in [0.4, 0.5) is 5.69 Å². The molecule has 0 unspecified atom stereocenters. The van der Waals surface area contributed by atoms with Crippen molar-refractivity contribution < 1.29 is 5.11 Å². The van der Waals surface area contributed by atoms with Gasteiger partial charge >= 0.3 is 0 Å². The predicted octanol–water partition coefficient (Wildman–Crippen LogP) is 1.87. The fourth-order valence-electron chi connectivity index (χ4n) is 3.15. The molecule has 2 N–H and O–H groups in total. The molecule has 0 bridgehead atoms. The zero-order chi connectivity index (χ0) is 15.4. The van der Waals surface area contributed by atoms with E-state index >= 15 is 0 Å². The topological polar surface area (TPSA) is 53.3 Å². The second-order valence-corrected chi connectivity index (χ2v) is 5.70. The SMILES string of the molecule is CCn1nccc1CN(CCO)Cc1cccc2c1NCC2. The van der Waals surface area contributed by atoms with Gasteiger partial charge in [0.15, 0.2) is 0 Å². The Labute approximate surface area is 131 Å². The number of hydrogen-bond acceptors (Lipinski definition) is 4. The molecule has 5 nitrogen and oxygen atoms in total. The van der Waals surface area contributed by atoms with Crippen LogP contribution in [0.15, 0.2) is 30.5 Å². The lowest BCUT2D eigenvalue weighted by Crippen LogP contribution is -2.27. The van der Waals surface area contributed by atoms with Crippen molar-refractivity contribution in [3.8, 4) is 0 Å². The highest BCUT2D eigenvalue weighted by molar-refractivity contribution is 5.61. The molecule has 0 radical (unpaired) electrons. The molecule has 0 saturated heterocycles. The van der Waals surface area contributed by atoms with Crippen molar-refractivity contribution in [2.24, 2.45) is 0 Å². The summed E-state index contributed by atoms with van der Waals surface area (Å²) in [6.07, 6.45) is 2.95. The summed E-state index contributed by atoms with van der Waals surface area (Å²) in [4.78, 5) is 2.28. The van der Waals surface area contributed by atoms with Gasteiger partial charge in [-0.25, -0.2) is 0 Å². The van der Waals surface area contributed by atoms with E-state index in [2.05, 4.69) is 46.5 Å². The van der Waals surface area contributed by atoms with Crippen molar-refractivity contribution in [2.45, 2.75) is 33.0 Å². The van der Waals surface area contributed by atoms with Gasteiger partial charge in [-0.15, -0.1) is 0 Å². The predicted molar refractivity (Wildman–Crippen MR) is 87.7 cm³/mol. The lowest BCUT2D eigenvalue weighted by Gasteiger charge is -2.23. The molecule has 1 aliphatic heterocycles. The monoisotopic (exact) mass is 300 g/mol. The molecule has 0 saturated carbocycles. The number of rotatable bonds is 7. The van der Waals surface area contributed by atoms with Gasteiger partial charge in [0.05, 0.1) is 12.3 Å². The number of aliphatic hydroxyl groups excluding tert-OH is 1. The third-order valence-electron chi connectivity index (χ3n) is 4.23. The molecule has 0 amide bonds. The minimum atomic E-state index is 0.169. The molecule has 2 aromatic rings. The van der Waals surface area contributed by atoms with Gasteiger partial charge in [0.25, 0.3) is 0 Å². The van der Waals surface area contributed by atoms with Crippen LogP contribution in [0, 0.1) is 0 Å². The van der Waals surface area contributed by atoms with E-state index < -0.39 is 0 Å². The van der Waals surface area contributed by atoms with E-state index in [-0.39, 0.29) is 6.61 Å². The highest BCUT2D eigenvalue weighted by Crippen LogP contribution is 2.27. The number of anilines is 1. The van der Waals surface area contributed by atoms with E-state index in [9.17, 15) is 5.11 Å². The summed E-state index contributed by atoms with van der Waals surface area (Å²) >= 11 is 0. The quantitative estimate of drug-likeness (QED) is 0.819. The molecule has 22 heavy (non-hydrogen) atoms. The first kappa shape index (κ1) is 15.1. The number of benzene rings is 1. The fraction of sp³-hybridized carbons (Fsp3) is 0.471. The Kier molecular flexibility index (Phi) is 4.75. The molecule has 0 fully saturated rings. The molecule has 0 spiro atoms. The van der Waals surface area contributed by atoms with Gasteiger partial charge in [0.1, 0.15) is 0 Å². The summed E-state index contributed by atoms with van der Waals surface area (Å²) in [5.74, 6) is 0. The Morgan fingerprint density at radius 2 is 2.23 bits per heavy atom. The largest absolute Gasteiger partial charge is 0.395 e. The van der Waals surface area contributed by atoms with Gasteiger partial charge in [0.2, 0.25) is 0 Å². The molecule has 1 aromatic heterocycles. The molecule has 3 rings (SSSR count). The van der Waals surface area contributed by atoms with Crippen molar-refractivity contribution in [3.63, 3.8) is 0 Å². The lowest BCUT2D eigenvalue weighted by molar-refractivity contribution is 0.181. The van der Waals surface area contributed by atoms with Crippen LogP contribution in [0.5, 0.6) is 0 Å². The third kappa shape index (κ3) is 3.15. The van der Waals surface area contributed by atoms with E-state index in [0.717, 1.165) is 32.6 Å². The van der Waals surface area contributed by atoms with Gasteiger partial charge in [-0.05, 0) is 30.5 Å². The average molecular weight is 300 g/mol. The van der Waals surface area contributed by atoms with E-state index in [1.54, 1.807) is 0 Å². The highest BCUT2D eigenvalue weighted by Gasteiger charge is 2.16. The first-order chi connectivity index (χ1) is 10.8. The number of aromatic nitrogens is 2. The molecular weight excluding hydrogens is 276 g/mol. The van der Waals surface area contributed by atoms with Gasteiger partial charge in [0, 0.05) is 44.6 Å². The van der Waals surface area contributed by atoms with E-state index in [1.165, 1.54) is 22.5 Å². The average Bonchev–Trinajstić information content (AvgIpc) is 3.16. The maximum absolute atomic E-state index is 9.38.